The Kier molecular flexibility index (Phi) is 8.70. The number of carbonyl (C=O) groups excluding carboxylic acids is 2. The molecule has 0 saturated heterocycles. The number of amides is 2. The van der Waals surface area contributed by atoms with Gasteiger partial charge < -0.3 is 10.6 Å². The third-order valence-corrected chi connectivity index (χ3v) is 6.17. The molecule has 2 aromatic carbocycles. The first kappa shape index (κ1) is 24.5. The number of nitrogens with two attached hydrogens (primary N) is 1. The van der Waals surface area contributed by atoms with Crippen molar-refractivity contribution in [2.24, 2.45) is 5.73 Å². The fourth-order valence-corrected chi connectivity index (χ4v) is 4.39. The third kappa shape index (κ3) is 6.60. The van der Waals surface area contributed by atoms with Crippen LogP contribution in [0.1, 0.15) is 38.7 Å². The second-order valence-corrected chi connectivity index (χ2v) is 8.82. The van der Waals surface area contributed by atoms with Gasteiger partial charge in [-0.1, -0.05) is 43.7 Å². The molecule has 3 N–H and O–H groups in total. The van der Waals surface area contributed by atoms with Crippen LogP contribution in [0.25, 0.3) is 11.1 Å². The third-order valence-electron chi connectivity index (χ3n) is 4.68. The largest absolute Gasteiger partial charge is 0.337 e. The quantitative estimate of drug-likeness (QED) is 0.580. The highest BCUT2D eigenvalue weighted by Crippen LogP contribution is 2.29. The van der Waals surface area contributed by atoms with E-state index in [0.717, 1.165) is 19.8 Å². The zero-order valence-electron chi connectivity index (χ0n) is 17.7. The number of halogens is 1. The average Bonchev–Trinajstić information content (AvgIpc) is 2.72. The first-order valence-corrected chi connectivity index (χ1v) is 11.6. The van der Waals surface area contributed by atoms with E-state index in [4.69, 9.17) is 5.73 Å². The van der Waals surface area contributed by atoms with Gasteiger partial charge in [0.25, 0.3) is 10.0 Å². The molecule has 0 spiro atoms. The monoisotopic (exact) mass is 449 g/mol. The van der Waals surface area contributed by atoms with Gasteiger partial charge in [-0.2, -0.15) is 0 Å². The zero-order chi connectivity index (χ0) is 23.0. The molecule has 2 amide bonds. The minimum atomic E-state index is -4.10. The first-order chi connectivity index (χ1) is 14.7. The number of sulfonamides is 1. The highest BCUT2D eigenvalue weighted by atomic mass is 32.2. The van der Waals surface area contributed by atoms with Crippen LogP contribution in [0.3, 0.4) is 0 Å². The molecule has 2 rings (SSSR count). The Balaban J connectivity index is 2.35. The van der Waals surface area contributed by atoms with Gasteiger partial charge in [0.15, 0.2) is 0 Å². The average molecular weight is 450 g/mol. The van der Waals surface area contributed by atoms with E-state index < -0.39 is 21.7 Å². The molecule has 9 heteroatoms. The van der Waals surface area contributed by atoms with Crippen molar-refractivity contribution >= 4 is 21.8 Å². The highest BCUT2D eigenvalue weighted by Gasteiger charge is 2.21. The zero-order valence-corrected chi connectivity index (χ0v) is 18.5. The van der Waals surface area contributed by atoms with E-state index >= 15 is 0 Å². The lowest BCUT2D eigenvalue weighted by molar-refractivity contribution is -0.131. The number of unbranched alkanes of at least 4 members (excludes halogenated alkanes) is 1. The Morgan fingerprint density at radius 2 is 1.87 bits per heavy atom. The summed E-state index contributed by atoms with van der Waals surface area (Å²) < 4.78 is 41.8. The normalized spacial score (nSPS) is 11.2. The Bertz CT molecular complexity index is 1040. The summed E-state index contributed by atoms with van der Waals surface area (Å²) in [5, 5.41) is 0. The van der Waals surface area contributed by atoms with Crippen molar-refractivity contribution < 1.29 is 22.4 Å². The Labute approximate surface area is 182 Å². The van der Waals surface area contributed by atoms with Crippen LogP contribution < -0.4 is 10.5 Å². The second-order valence-electron chi connectivity index (χ2n) is 7.17. The molecule has 0 atom stereocenters. The van der Waals surface area contributed by atoms with Crippen LogP contribution in [0, 0.1) is 5.82 Å². The van der Waals surface area contributed by atoms with E-state index in [9.17, 15) is 22.4 Å². The molecule has 2 aromatic rings. The standard InChI is InChI=1S/C22H28FN3O4S/c1-3-4-9-22(28)26(13-12-24)15-18-11-10-17(14-20(18)23)19-7-5-6-8-21(19)31(29,30)25-16(2)27/h5-8,10-11,14H,3-4,9,12-13,15,24H2,1-2H3,(H,25,27). The van der Waals surface area contributed by atoms with E-state index in [-0.39, 0.29) is 29.5 Å². The molecule has 0 aliphatic heterocycles. The van der Waals surface area contributed by atoms with E-state index in [1.54, 1.807) is 12.1 Å². The first-order valence-electron chi connectivity index (χ1n) is 10.1. The van der Waals surface area contributed by atoms with Crippen LogP contribution in [0.2, 0.25) is 0 Å². The molecule has 0 fully saturated rings. The fourth-order valence-electron chi connectivity index (χ4n) is 3.17. The lowest BCUT2D eigenvalue weighted by atomic mass is 10.0. The van der Waals surface area contributed by atoms with E-state index in [1.807, 2.05) is 11.6 Å². The molecule has 0 radical (unpaired) electrons. The van der Waals surface area contributed by atoms with Crippen LogP contribution in [0.4, 0.5) is 4.39 Å². The number of benzene rings is 2. The van der Waals surface area contributed by atoms with Crippen molar-refractivity contribution in [3.63, 3.8) is 0 Å². The number of rotatable bonds is 10. The Hall–Kier alpha value is -2.78. The molecule has 31 heavy (non-hydrogen) atoms. The lowest BCUT2D eigenvalue weighted by Gasteiger charge is -2.22. The molecule has 0 bridgehead atoms. The maximum atomic E-state index is 14.9. The van der Waals surface area contributed by atoms with Crippen molar-refractivity contribution in [3.05, 3.63) is 53.8 Å². The van der Waals surface area contributed by atoms with Crippen LogP contribution in [-0.4, -0.2) is 38.2 Å². The van der Waals surface area contributed by atoms with Gasteiger partial charge in [0, 0.05) is 44.1 Å². The van der Waals surface area contributed by atoms with Crippen molar-refractivity contribution in [3.8, 4) is 11.1 Å². The van der Waals surface area contributed by atoms with Gasteiger partial charge in [0.2, 0.25) is 11.8 Å². The number of nitrogens with one attached hydrogen (secondary N) is 1. The van der Waals surface area contributed by atoms with Gasteiger partial charge >= 0.3 is 0 Å². The Morgan fingerprint density at radius 1 is 1.16 bits per heavy atom. The van der Waals surface area contributed by atoms with Gasteiger partial charge in [-0.3, -0.25) is 9.59 Å². The summed E-state index contributed by atoms with van der Waals surface area (Å²) in [6.45, 7) is 3.76. The van der Waals surface area contributed by atoms with Gasteiger partial charge in [-0.05, 0) is 24.1 Å². The summed E-state index contributed by atoms with van der Waals surface area (Å²) >= 11 is 0. The summed E-state index contributed by atoms with van der Waals surface area (Å²) in [4.78, 5) is 25.1. The van der Waals surface area contributed by atoms with E-state index in [2.05, 4.69) is 0 Å². The molecule has 7 nitrogen and oxygen atoms in total. The molecule has 0 unspecified atom stereocenters. The molecule has 0 aromatic heterocycles. The van der Waals surface area contributed by atoms with Crippen molar-refractivity contribution in [1.82, 2.24) is 9.62 Å². The number of hydrogen-bond acceptors (Lipinski definition) is 5. The summed E-state index contributed by atoms with van der Waals surface area (Å²) in [6.07, 6.45) is 2.01. The minimum Gasteiger partial charge on any atom is -0.337 e. The summed E-state index contributed by atoms with van der Waals surface area (Å²) in [6, 6.07) is 10.4. The number of carbonyl (C=O) groups is 2. The summed E-state index contributed by atoms with van der Waals surface area (Å²) in [5.74, 6) is -1.36. The SMILES string of the molecule is CCCCC(=O)N(CCN)Cc1ccc(-c2ccccc2S(=O)(=O)NC(C)=O)cc1F. The van der Waals surface area contributed by atoms with Gasteiger partial charge in [0.1, 0.15) is 5.82 Å². The van der Waals surface area contributed by atoms with E-state index in [1.165, 1.54) is 35.2 Å². The number of nitrogens with zero attached hydrogens (tertiary/aromatic N) is 1. The van der Waals surface area contributed by atoms with Crippen LogP contribution in [-0.2, 0) is 26.2 Å². The molecular formula is C22H28FN3O4S. The predicted octanol–water partition coefficient (Wildman–Crippen LogP) is 2.80. The molecule has 0 saturated carbocycles. The lowest BCUT2D eigenvalue weighted by Crippen LogP contribution is -2.35. The van der Waals surface area contributed by atoms with Crippen LogP contribution in [0.5, 0.6) is 0 Å². The Morgan fingerprint density at radius 3 is 2.48 bits per heavy atom. The van der Waals surface area contributed by atoms with Crippen molar-refractivity contribution in [2.75, 3.05) is 13.1 Å². The summed E-state index contributed by atoms with van der Waals surface area (Å²) in [5.41, 5.74) is 6.52. The van der Waals surface area contributed by atoms with Crippen molar-refractivity contribution in [1.29, 1.82) is 0 Å². The highest BCUT2D eigenvalue weighted by molar-refractivity contribution is 7.90. The predicted molar refractivity (Wildman–Crippen MR) is 117 cm³/mol. The molecule has 0 aliphatic rings. The maximum Gasteiger partial charge on any atom is 0.264 e. The molecular weight excluding hydrogens is 421 g/mol. The molecule has 0 aliphatic carbocycles. The smallest absolute Gasteiger partial charge is 0.264 e. The topological polar surface area (TPSA) is 110 Å². The van der Waals surface area contributed by atoms with Crippen molar-refractivity contribution in [2.45, 2.75) is 44.6 Å². The second kappa shape index (κ2) is 11.0. The molecule has 0 heterocycles. The maximum absolute atomic E-state index is 14.9. The fraction of sp³-hybridized carbons (Fsp3) is 0.364. The van der Waals surface area contributed by atoms with Gasteiger partial charge in [-0.15, -0.1) is 0 Å². The number of hydrogen-bond donors (Lipinski definition) is 2. The molecule has 168 valence electrons. The summed E-state index contributed by atoms with van der Waals surface area (Å²) in [7, 11) is -4.10. The van der Waals surface area contributed by atoms with Crippen LogP contribution in [0.15, 0.2) is 47.4 Å². The van der Waals surface area contributed by atoms with Crippen LogP contribution >= 0.6 is 0 Å². The van der Waals surface area contributed by atoms with Gasteiger partial charge in [-0.25, -0.2) is 17.5 Å². The van der Waals surface area contributed by atoms with Gasteiger partial charge in [0.05, 0.1) is 4.90 Å². The van der Waals surface area contributed by atoms with E-state index in [0.29, 0.717) is 24.1 Å². The minimum absolute atomic E-state index is 0.0810.